The SMILES string of the molecule is CN(C(=O)c1csc(I)c1)C1CCNC1.Cl. The summed E-state index contributed by atoms with van der Waals surface area (Å²) >= 11 is 3.86. The zero-order chi connectivity index (χ0) is 10.8. The molecule has 0 saturated carbocycles. The van der Waals surface area contributed by atoms with Gasteiger partial charge in [-0.2, -0.15) is 0 Å². The minimum Gasteiger partial charge on any atom is -0.337 e. The molecule has 1 amide bonds. The summed E-state index contributed by atoms with van der Waals surface area (Å²) in [4.78, 5) is 13.9. The third kappa shape index (κ3) is 3.09. The van der Waals surface area contributed by atoms with Crippen LogP contribution >= 0.6 is 46.3 Å². The lowest BCUT2D eigenvalue weighted by atomic mass is 10.2. The molecule has 1 aliphatic rings. The van der Waals surface area contributed by atoms with E-state index in [2.05, 4.69) is 27.9 Å². The van der Waals surface area contributed by atoms with Crippen LogP contribution in [0.3, 0.4) is 0 Å². The van der Waals surface area contributed by atoms with Gasteiger partial charge in [0.05, 0.1) is 8.45 Å². The van der Waals surface area contributed by atoms with E-state index in [4.69, 9.17) is 0 Å². The second-order valence-corrected chi connectivity index (χ2v) is 6.51. The van der Waals surface area contributed by atoms with Crippen LogP contribution in [0, 0.1) is 2.88 Å². The quantitative estimate of drug-likeness (QED) is 0.807. The number of hydrogen-bond donors (Lipinski definition) is 1. The molecule has 1 aliphatic heterocycles. The zero-order valence-electron chi connectivity index (χ0n) is 8.90. The van der Waals surface area contributed by atoms with Crippen molar-refractivity contribution in [3.63, 3.8) is 0 Å². The Hall–Kier alpha value is 0.150. The fourth-order valence-electron chi connectivity index (χ4n) is 1.76. The standard InChI is InChI=1S/C10H13IN2OS.ClH/c1-13(8-2-3-12-5-8)10(14)7-4-9(11)15-6-7;/h4,6,8,12H,2-3,5H2,1H3;1H. The highest BCUT2D eigenvalue weighted by Crippen LogP contribution is 2.19. The van der Waals surface area contributed by atoms with Gasteiger partial charge in [0.15, 0.2) is 0 Å². The summed E-state index contributed by atoms with van der Waals surface area (Å²) in [5.74, 6) is 0.142. The van der Waals surface area contributed by atoms with E-state index in [0.717, 1.165) is 28.0 Å². The molecule has 90 valence electrons. The molecule has 6 heteroatoms. The number of thiophene rings is 1. The van der Waals surface area contributed by atoms with Crippen LogP contribution in [-0.2, 0) is 0 Å². The van der Waals surface area contributed by atoms with Crippen molar-refractivity contribution in [1.29, 1.82) is 0 Å². The molecule has 0 aromatic carbocycles. The molecule has 2 rings (SSSR count). The van der Waals surface area contributed by atoms with Gasteiger partial charge in [0.1, 0.15) is 0 Å². The third-order valence-electron chi connectivity index (χ3n) is 2.72. The van der Waals surface area contributed by atoms with Crippen LogP contribution in [0.4, 0.5) is 0 Å². The van der Waals surface area contributed by atoms with Crippen LogP contribution in [0.2, 0.25) is 0 Å². The number of rotatable bonds is 2. The van der Waals surface area contributed by atoms with Crippen LogP contribution in [0.5, 0.6) is 0 Å². The van der Waals surface area contributed by atoms with Crippen molar-refractivity contribution >= 4 is 52.2 Å². The van der Waals surface area contributed by atoms with Crippen molar-refractivity contribution in [2.75, 3.05) is 20.1 Å². The zero-order valence-corrected chi connectivity index (χ0v) is 12.7. The fourth-order valence-corrected chi connectivity index (χ4v) is 3.08. The van der Waals surface area contributed by atoms with E-state index < -0.39 is 0 Å². The van der Waals surface area contributed by atoms with Crippen molar-refractivity contribution in [3.05, 3.63) is 19.9 Å². The summed E-state index contributed by atoms with van der Waals surface area (Å²) < 4.78 is 1.16. The largest absolute Gasteiger partial charge is 0.337 e. The molecular formula is C10H14ClIN2OS. The smallest absolute Gasteiger partial charge is 0.254 e. The summed E-state index contributed by atoms with van der Waals surface area (Å²) in [5, 5.41) is 5.21. The molecule has 1 aromatic rings. The summed E-state index contributed by atoms with van der Waals surface area (Å²) in [6.07, 6.45) is 1.06. The van der Waals surface area contributed by atoms with Gasteiger partial charge in [-0.3, -0.25) is 4.79 Å². The molecule has 1 fully saturated rings. The lowest BCUT2D eigenvalue weighted by Crippen LogP contribution is -2.38. The first-order valence-corrected chi connectivity index (χ1v) is 6.86. The molecule has 1 unspecified atom stereocenters. The number of carbonyl (C=O) groups excluding carboxylic acids is 1. The highest BCUT2D eigenvalue weighted by Gasteiger charge is 2.24. The van der Waals surface area contributed by atoms with Crippen LogP contribution in [0.1, 0.15) is 16.8 Å². The summed E-state index contributed by atoms with van der Waals surface area (Å²) in [7, 11) is 1.89. The van der Waals surface area contributed by atoms with Gasteiger partial charge in [-0.15, -0.1) is 23.7 Å². The van der Waals surface area contributed by atoms with Gasteiger partial charge in [0, 0.05) is 25.0 Å². The minimum absolute atomic E-state index is 0. The molecule has 2 heterocycles. The molecule has 16 heavy (non-hydrogen) atoms. The van der Waals surface area contributed by atoms with Crippen LogP contribution in [0.25, 0.3) is 0 Å². The van der Waals surface area contributed by atoms with E-state index in [0.29, 0.717) is 6.04 Å². The first kappa shape index (κ1) is 14.2. The van der Waals surface area contributed by atoms with E-state index in [9.17, 15) is 4.79 Å². The van der Waals surface area contributed by atoms with Crippen molar-refractivity contribution in [1.82, 2.24) is 10.2 Å². The first-order valence-electron chi connectivity index (χ1n) is 4.90. The Morgan fingerprint density at radius 2 is 2.44 bits per heavy atom. The number of nitrogens with one attached hydrogen (secondary N) is 1. The van der Waals surface area contributed by atoms with E-state index in [-0.39, 0.29) is 18.3 Å². The Morgan fingerprint density at radius 1 is 1.69 bits per heavy atom. The van der Waals surface area contributed by atoms with Crippen LogP contribution in [-0.4, -0.2) is 37.0 Å². The fraction of sp³-hybridized carbons (Fsp3) is 0.500. The van der Waals surface area contributed by atoms with E-state index >= 15 is 0 Å². The van der Waals surface area contributed by atoms with Crippen molar-refractivity contribution < 1.29 is 4.79 Å². The molecule has 1 atom stereocenters. The minimum atomic E-state index is 0. The Bertz CT molecular complexity index is 365. The molecule has 0 aliphatic carbocycles. The van der Waals surface area contributed by atoms with Gasteiger partial charge in [0.25, 0.3) is 5.91 Å². The average molecular weight is 373 g/mol. The number of nitrogens with zero attached hydrogens (tertiary/aromatic N) is 1. The molecule has 1 aromatic heterocycles. The predicted molar refractivity (Wildman–Crippen MR) is 77.7 cm³/mol. The van der Waals surface area contributed by atoms with Crippen molar-refractivity contribution in [3.8, 4) is 0 Å². The predicted octanol–water partition coefficient (Wildman–Crippen LogP) is 2.21. The number of carbonyl (C=O) groups is 1. The Kier molecular flexibility index (Phi) is 5.49. The summed E-state index contributed by atoms with van der Waals surface area (Å²) in [5.41, 5.74) is 0.818. The van der Waals surface area contributed by atoms with E-state index in [1.54, 1.807) is 11.3 Å². The highest BCUT2D eigenvalue weighted by molar-refractivity contribution is 14.1. The van der Waals surface area contributed by atoms with E-state index in [1.165, 1.54) is 0 Å². The maximum absolute atomic E-state index is 12.0. The lowest BCUT2D eigenvalue weighted by molar-refractivity contribution is 0.0744. The van der Waals surface area contributed by atoms with Gasteiger partial charge < -0.3 is 10.2 Å². The van der Waals surface area contributed by atoms with Crippen LogP contribution < -0.4 is 5.32 Å². The van der Waals surface area contributed by atoms with Crippen molar-refractivity contribution in [2.45, 2.75) is 12.5 Å². The molecule has 1 saturated heterocycles. The van der Waals surface area contributed by atoms with Gasteiger partial charge in [0.2, 0.25) is 0 Å². The molecule has 3 nitrogen and oxygen atoms in total. The van der Waals surface area contributed by atoms with Gasteiger partial charge in [-0.25, -0.2) is 0 Å². The maximum atomic E-state index is 12.0. The lowest BCUT2D eigenvalue weighted by Gasteiger charge is -2.23. The normalized spacial score (nSPS) is 19.2. The monoisotopic (exact) mass is 372 g/mol. The number of likely N-dealkylation sites (N-methyl/N-ethyl adjacent to an activating group) is 1. The second kappa shape index (κ2) is 6.18. The molecule has 0 bridgehead atoms. The molecule has 0 radical (unpaired) electrons. The second-order valence-electron chi connectivity index (χ2n) is 3.70. The topological polar surface area (TPSA) is 32.3 Å². The average Bonchev–Trinajstić information content (AvgIpc) is 2.85. The maximum Gasteiger partial charge on any atom is 0.254 e. The van der Waals surface area contributed by atoms with E-state index in [1.807, 2.05) is 23.4 Å². The van der Waals surface area contributed by atoms with Gasteiger partial charge in [-0.05, 0) is 41.6 Å². The molecule has 1 N–H and O–H groups in total. The number of hydrogen-bond acceptors (Lipinski definition) is 3. The molecule has 0 spiro atoms. The van der Waals surface area contributed by atoms with Gasteiger partial charge in [-0.1, -0.05) is 0 Å². The number of halogens is 2. The Balaban J connectivity index is 0.00000128. The summed E-state index contributed by atoms with van der Waals surface area (Å²) in [6, 6.07) is 2.31. The Morgan fingerprint density at radius 3 is 2.94 bits per heavy atom. The van der Waals surface area contributed by atoms with Crippen molar-refractivity contribution in [2.24, 2.45) is 0 Å². The summed E-state index contributed by atoms with van der Waals surface area (Å²) in [6.45, 7) is 1.94. The highest BCUT2D eigenvalue weighted by atomic mass is 127. The van der Waals surface area contributed by atoms with Crippen LogP contribution in [0.15, 0.2) is 11.4 Å². The third-order valence-corrected chi connectivity index (χ3v) is 4.51. The molecular weight excluding hydrogens is 359 g/mol. The Labute approximate surface area is 119 Å². The first-order chi connectivity index (χ1) is 7.18. The van der Waals surface area contributed by atoms with Gasteiger partial charge >= 0.3 is 0 Å². The number of amides is 1.